The number of para-hydroxylation sites is 1. The molecular weight excluding hydrogens is 462 g/mol. The molecular formula is C23H29N3O5S2. The van der Waals surface area contributed by atoms with Crippen molar-refractivity contribution < 1.29 is 22.7 Å². The SMILES string of the molecule is COc1ccc(NCC(=O)N2CC[C@H](C)Sc3ccccc32)cc1S(=O)(=O)N1CCOCC1. The standard InChI is InChI=1S/C23H29N3O5S2/c1-17-9-10-26(19-5-3-4-6-21(19)32-17)23(27)16-24-18-7-8-20(30-2)22(15-18)33(28,29)25-11-13-31-14-12-25/h3-8,15,17,24H,9-14,16H2,1-2H3/t17-/m0/s1. The van der Waals surface area contributed by atoms with Gasteiger partial charge in [0.05, 0.1) is 32.6 Å². The minimum atomic E-state index is -3.75. The number of nitrogens with one attached hydrogen (secondary N) is 1. The first kappa shape index (κ1) is 23.9. The highest BCUT2D eigenvalue weighted by Crippen LogP contribution is 2.37. The first-order valence-electron chi connectivity index (χ1n) is 11.0. The number of thioether (sulfide) groups is 1. The van der Waals surface area contributed by atoms with Crippen LogP contribution in [0.3, 0.4) is 0 Å². The second-order valence-electron chi connectivity index (χ2n) is 7.97. The van der Waals surface area contributed by atoms with Crippen LogP contribution >= 0.6 is 11.8 Å². The Morgan fingerprint density at radius 2 is 1.94 bits per heavy atom. The van der Waals surface area contributed by atoms with E-state index in [9.17, 15) is 13.2 Å². The zero-order chi connectivity index (χ0) is 23.4. The minimum Gasteiger partial charge on any atom is -0.495 e. The van der Waals surface area contributed by atoms with E-state index in [1.54, 1.807) is 23.9 Å². The number of ether oxygens (including phenoxy) is 2. The molecule has 0 aliphatic carbocycles. The third-order valence-corrected chi connectivity index (χ3v) is 8.90. The van der Waals surface area contributed by atoms with Crippen molar-refractivity contribution in [2.45, 2.75) is 28.4 Å². The summed E-state index contributed by atoms with van der Waals surface area (Å²) in [5.74, 6) is 0.205. The van der Waals surface area contributed by atoms with Crippen molar-refractivity contribution >= 4 is 39.1 Å². The number of carbonyl (C=O) groups excluding carboxylic acids is 1. The van der Waals surface area contributed by atoms with Crippen molar-refractivity contribution in [3.05, 3.63) is 42.5 Å². The number of fused-ring (bicyclic) bond motifs is 1. The Bertz CT molecular complexity index is 1100. The van der Waals surface area contributed by atoms with Crippen molar-refractivity contribution in [3.63, 3.8) is 0 Å². The highest BCUT2D eigenvalue weighted by Gasteiger charge is 2.30. The molecule has 2 heterocycles. The van der Waals surface area contributed by atoms with Gasteiger partial charge in [-0.05, 0) is 36.8 Å². The van der Waals surface area contributed by atoms with E-state index in [1.807, 2.05) is 29.2 Å². The maximum Gasteiger partial charge on any atom is 0.246 e. The molecule has 2 aliphatic rings. The van der Waals surface area contributed by atoms with E-state index in [1.165, 1.54) is 17.5 Å². The monoisotopic (exact) mass is 491 g/mol. The number of rotatable bonds is 6. The van der Waals surface area contributed by atoms with Gasteiger partial charge >= 0.3 is 0 Å². The predicted octanol–water partition coefficient (Wildman–Crippen LogP) is 3.05. The van der Waals surface area contributed by atoms with Gasteiger partial charge in [-0.3, -0.25) is 4.79 Å². The van der Waals surface area contributed by atoms with Gasteiger partial charge in [-0.2, -0.15) is 4.31 Å². The zero-order valence-electron chi connectivity index (χ0n) is 18.8. The van der Waals surface area contributed by atoms with Gasteiger partial charge in [0, 0.05) is 35.5 Å². The van der Waals surface area contributed by atoms with E-state index in [0.29, 0.717) is 43.8 Å². The van der Waals surface area contributed by atoms with Crippen molar-refractivity contribution in [3.8, 4) is 5.75 Å². The average molecular weight is 492 g/mol. The lowest BCUT2D eigenvalue weighted by Crippen LogP contribution is -2.40. The molecule has 2 aromatic rings. The van der Waals surface area contributed by atoms with Gasteiger partial charge in [-0.1, -0.05) is 19.1 Å². The van der Waals surface area contributed by atoms with Gasteiger partial charge in [-0.25, -0.2) is 8.42 Å². The van der Waals surface area contributed by atoms with Crippen LogP contribution in [0.2, 0.25) is 0 Å². The highest BCUT2D eigenvalue weighted by atomic mass is 32.2. The van der Waals surface area contributed by atoms with Gasteiger partial charge in [0.25, 0.3) is 0 Å². The van der Waals surface area contributed by atoms with Crippen molar-refractivity contribution in [2.24, 2.45) is 0 Å². The van der Waals surface area contributed by atoms with E-state index in [0.717, 1.165) is 17.0 Å². The quantitative estimate of drug-likeness (QED) is 0.664. The highest BCUT2D eigenvalue weighted by molar-refractivity contribution is 8.00. The third-order valence-electron chi connectivity index (χ3n) is 5.74. The molecule has 33 heavy (non-hydrogen) atoms. The smallest absolute Gasteiger partial charge is 0.246 e. The Hall–Kier alpha value is -2.27. The fraction of sp³-hybridized carbons (Fsp3) is 0.435. The summed E-state index contributed by atoms with van der Waals surface area (Å²) >= 11 is 1.78. The van der Waals surface area contributed by atoms with Crippen LogP contribution in [0.4, 0.5) is 11.4 Å². The lowest BCUT2D eigenvalue weighted by atomic mass is 10.2. The number of morpholine rings is 1. The number of hydrogen-bond acceptors (Lipinski definition) is 7. The largest absolute Gasteiger partial charge is 0.495 e. The summed E-state index contributed by atoms with van der Waals surface area (Å²) in [6.45, 7) is 4.19. The van der Waals surface area contributed by atoms with Gasteiger partial charge in [0.15, 0.2) is 0 Å². The van der Waals surface area contributed by atoms with Gasteiger partial charge in [-0.15, -0.1) is 11.8 Å². The number of nitrogens with zero attached hydrogens (tertiary/aromatic N) is 2. The topological polar surface area (TPSA) is 88.2 Å². The molecule has 1 fully saturated rings. The fourth-order valence-corrected chi connectivity index (χ4v) is 6.64. The Labute approximate surface area is 199 Å². The van der Waals surface area contributed by atoms with Crippen LogP contribution in [0.1, 0.15) is 13.3 Å². The Morgan fingerprint density at radius 3 is 2.70 bits per heavy atom. The molecule has 0 aromatic heterocycles. The summed E-state index contributed by atoms with van der Waals surface area (Å²) < 4.78 is 38.4. The summed E-state index contributed by atoms with van der Waals surface area (Å²) in [7, 11) is -2.30. The number of sulfonamides is 1. The summed E-state index contributed by atoms with van der Waals surface area (Å²) in [6, 6.07) is 12.8. The molecule has 8 nitrogen and oxygen atoms in total. The molecule has 178 valence electrons. The van der Waals surface area contributed by atoms with Crippen LogP contribution in [0, 0.1) is 0 Å². The van der Waals surface area contributed by atoms with Crippen LogP contribution in [0.5, 0.6) is 5.75 Å². The fourth-order valence-electron chi connectivity index (χ4n) is 3.93. The Kier molecular flexibility index (Phi) is 7.48. The number of anilines is 2. The van der Waals surface area contributed by atoms with Gasteiger partial charge in [0.1, 0.15) is 10.6 Å². The molecule has 10 heteroatoms. The molecule has 0 spiro atoms. The van der Waals surface area contributed by atoms with Crippen LogP contribution in [0.15, 0.2) is 52.3 Å². The molecule has 1 amide bonds. The Balaban J connectivity index is 1.52. The van der Waals surface area contributed by atoms with Gasteiger partial charge < -0.3 is 19.7 Å². The molecule has 1 atom stereocenters. The second kappa shape index (κ2) is 10.3. The molecule has 0 saturated carbocycles. The van der Waals surface area contributed by atoms with Crippen LogP contribution in [0.25, 0.3) is 0 Å². The van der Waals surface area contributed by atoms with E-state index >= 15 is 0 Å². The van der Waals surface area contributed by atoms with Crippen LogP contribution in [-0.2, 0) is 19.6 Å². The number of methoxy groups -OCH3 is 1. The minimum absolute atomic E-state index is 0.0523. The lowest BCUT2D eigenvalue weighted by Gasteiger charge is -2.27. The first-order valence-corrected chi connectivity index (χ1v) is 13.3. The summed E-state index contributed by atoms with van der Waals surface area (Å²) in [6.07, 6.45) is 0.898. The molecule has 0 unspecified atom stereocenters. The molecule has 1 N–H and O–H groups in total. The van der Waals surface area contributed by atoms with Crippen molar-refractivity contribution in [2.75, 3.05) is 56.7 Å². The molecule has 2 aliphatic heterocycles. The number of amides is 1. The summed E-state index contributed by atoms with van der Waals surface area (Å²) in [4.78, 5) is 16.1. The van der Waals surface area contributed by atoms with Crippen molar-refractivity contribution in [1.29, 1.82) is 0 Å². The van der Waals surface area contributed by atoms with E-state index < -0.39 is 10.0 Å². The maximum atomic E-state index is 13.2. The maximum absolute atomic E-state index is 13.2. The second-order valence-corrected chi connectivity index (χ2v) is 11.4. The molecule has 4 rings (SSSR count). The number of hydrogen-bond donors (Lipinski definition) is 1. The average Bonchev–Trinajstić information content (AvgIpc) is 3.01. The van der Waals surface area contributed by atoms with Crippen LogP contribution < -0.4 is 15.0 Å². The number of benzene rings is 2. The van der Waals surface area contributed by atoms with E-state index in [2.05, 4.69) is 12.2 Å². The molecule has 0 radical (unpaired) electrons. The molecule has 2 aromatic carbocycles. The van der Waals surface area contributed by atoms with E-state index in [-0.39, 0.29) is 23.1 Å². The lowest BCUT2D eigenvalue weighted by molar-refractivity contribution is -0.117. The third kappa shape index (κ3) is 5.29. The van der Waals surface area contributed by atoms with Gasteiger partial charge in [0.2, 0.25) is 15.9 Å². The Morgan fingerprint density at radius 1 is 1.18 bits per heavy atom. The number of carbonyl (C=O) groups is 1. The van der Waals surface area contributed by atoms with Crippen LogP contribution in [-0.4, -0.2) is 70.4 Å². The van der Waals surface area contributed by atoms with E-state index in [4.69, 9.17) is 9.47 Å². The summed E-state index contributed by atoms with van der Waals surface area (Å²) in [5, 5.41) is 3.53. The summed E-state index contributed by atoms with van der Waals surface area (Å²) in [5.41, 5.74) is 1.46. The first-order chi connectivity index (χ1) is 15.9. The zero-order valence-corrected chi connectivity index (χ0v) is 20.5. The molecule has 0 bridgehead atoms. The van der Waals surface area contributed by atoms with Crippen molar-refractivity contribution in [1.82, 2.24) is 4.31 Å². The predicted molar refractivity (Wildman–Crippen MR) is 130 cm³/mol. The normalized spacial score (nSPS) is 19.5. The molecule has 1 saturated heterocycles.